The van der Waals surface area contributed by atoms with Crippen LogP contribution >= 0.6 is 0 Å². The molecule has 0 aliphatic carbocycles. The first kappa shape index (κ1) is 10.6. The average molecular weight is 204 g/mol. The summed E-state index contributed by atoms with van der Waals surface area (Å²) in [6, 6.07) is 2.19. The molecule has 2 heterocycles. The third-order valence-electron chi connectivity index (χ3n) is 3.29. The van der Waals surface area contributed by atoms with Gasteiger partial charge in [-0.2, -0.15) is 0 Å². The fraction of sp³-hybridized carbons (Fsp3) is 0.615. The minimum atomic E-state index is 0.825. The van der Waals surface area contributed by atoms with E-state index in [1.54, 1.807) is 0 Å². The Morgan fingerprint density at radius 2 is 2.40 bits per heavy atom. The van der Waals surface area contributed by atoms with Crippen LogP contribution in [0.25, 0.3) is 0 Å². The molecule has 82 valence electrons. The fourth-order valence-electron chi connectivity index (χ4n) is 2.38. The Hall–Kier alpha value is -0.890. The van der Waals surface area contributed by atoms with Crippen LogP contribution in [0.4, 0.5) is 0 Å². The molecule has 0 spiro atoms. The lowest BCUT2D eigenvalue weighted by atomic mass is 9.90. The van der Waals surface area contributed by atoms with Crippen LogP contribution in [0.3, 0.4) is 0 Å². The number of hydrogen-bond donors (Lipinski definition) is 1. The van der Waals surface area contributed by atoms with Crippen LogP contribution in [-0.4, -0.2) is 18.1 Å². The van der Waals surface area contributed by atoms with Crippen molar-refractivity contribution in [3.63, 3.8) is 0 Å². The van der Waals surface area contributed by atoms with Crippen molar-refractivity contribution >= 4 is 0 Å². The summed E-state index contributed by atoms with van der Waals surface area (Å²) in [6.07, 6.45) is 8.97. The van der Waals surface area contributed by atoms with Crippen molar-refractivity contribution in [3.8, 4) is 0 Å². The summed E-state index contributed by atoms with van der Waals surface area (Å²) in [7, 11) is 0. The molecule has 1 atom stereocenters. The van der Waals surface area contributed by atoms with Crippen LogP contribution in [0.1, 0.15) is 30.9 Å². The molecular formula is C13H20N2. The van der Waals surface area contributed by atoms with Crippen molar-refractivity contribution in [1.82, 2.24) is 10.3 Å². The zero-order valence-corrected chi connectivity index (χ0v) is 9.50. The van der Waals surface area contributed by atoms with Gasteiger partial charge in [0.2, 0.25) is 0 Å². The van der Waals surface area contributed by atoms with Gasteiger partial charge in [-0.05, 0) is 61.9 Å². The van der Waals surface area contributed by atoms with Gasteiger partial charge in [0.1, 0.15) is 0 Å². The summed E-state index contributed by atoms with van der Waals surface area (Å²) in [5, 5.41) is 3.48. The molecule has 15 heavy (non-hydrogen) atoms. The molecule has 0 radical (unpaired) electrons. The topological polar surface area (TPSA) is 24.9 Å². The summed E-state index contributed by atoms with van der Waals surface area (Å²) in [5.41, 5.74) is 2.92. The number of piperidine rings is 1. The lowest BCUT2D eigenvalue weighted by molar-refractivity contribution is 0.375. The van der Waals surface area contributed by atoms with Crippen molar-refractivity contribution in [3.05, 3.63) is 29.6 Å². The molecule has 1 aliphatic rings. The maximum absolute atomic E-state index is 4.19. The Morgan fingerprint density at radius 1 is 1.47 bits per heavy atom. The van der Waals surface area contributed by atoms with Gasteiger partial charge in [-0.3, -0.25) is 4.98 Å². The van der Waals surface area contributed by atoms with E-state index in [4.69, 9.17) is 0 Å². The van der Waals surface area contributed by atoms with E-state index >= 15 is 0 Å². The smallest absolute Gasteiger partial charge is 0.0302 e. The summed E-state index contributed by atoms with van der Waals surface area (Å²) >= 11 is 0. The zero-order chi connectivity index (χ0) is 10.5. The number of nitrogens with one attached hydrogen (secondary N) is 1. The van der Waals surface area contributed by atoms with Gasteiger partial charge in [-0.15, -0.1) is 0 Å². The average Bonchev–Trinajstić information content (AvgIpc) is 2.31. The molecule has 1 fully saturated rings. The second kappa shape index (κ2) is 5.26. The highest BCUT2D eigenvalue weighted by Crippen LogP contribution is 2.18. The maximum atomic E-state index is 4.19. The number of aromatic nitrogens is 1. The molecule has 2 rings (SSSR count). The number of rotatable bonds is 3. The van der Waals surface area contributed by atoms with E-state index < -0.39 is 0 Å². The number of aryl methyl sites for hydroxylation is 1. The lowest BCUT2D eigenvalue weighted by Crippen LogP contribution is -2.31. The van der Waals surface area contributed by atoms with Crippen LogP contribution in [-0.2, 0) is 12.8 Å². The Labute approximate surface area is 92.1 Å². The maximum Gasteiger partial charge on any atom is 0.0302 e. The Morgan fingerprint density at radius 3 is 3.13 bits per heavy atom. The second-order valence-electron chi connectivity index (χ2n) is 4.41. The Kier molecular flexibility index (Phi) is 3.73. The van der Waals surface area contributed by atoms with E-state index in [0.717, 1.165) is 12.3 Å². The number of hydrogen-bond acceptors (Lipinski definition) is 2. The van der Waals surface area contributed by atoms with Crippen LogP contribution in [0.15, 0.2) is 18.5 Å². The summed E-state index contributed by atoms with van der Waals surface area (Å²) in [4.78, 5) is 4.19. The van der Waals surface area contributed by atoms with Crippen LogP contribution in [0.2, 0.25) is 0 Å². The molecular weight excluding hydrogens is 184 g/mol. The van der Waals surface area contributed by atoms with Crippen molar-refractivity contribution in [1.29, 1.82) is 0 Å². The molecule has 0 saturated carbocycles. The molecule has 1 saturated heterocycles. The summed E-state index contributed by atoms with van der Waals surface area (Å²) < 4.78 is 0. The van der Waals surface area contributed by atoms with Crippen molar-refractivity contribution < 1.29 is 0 Å². The largest absolute Gasteiger partial charge is 0.316 e. The van der Waals surface area contributed by atoms with Gasteiger partial charge in [0.15, 0.2) is 0 Å². The predicted octanol–water partition coefficient (Wildman–Crippen LogP) is 2.19. The van der Waals surface area contributed by atoms with Gasteiger partial charge >= 0.3 is 0 Å². The van der Waals surface area contributed by atoms with E-state index in [9.17, 15) is 0 Å². The molecule has 1 aromatic rings. The van der Waals surface area contributed by atoms with Crippen molar-refractivity contribution in [2.75, 3.05) is 13.1 Å². The standard InChI is InChI=1S/C13H20N2/c1-2-12-10-15-7-5-13(12)8-11-4-3-6-14-9-11/h5,7,10-11,14H,2-4,6,8-9H2,1H3. The van der Waals surface area contributed by atoms with E-state index in [1.807, 2.05) is 12.4 Å². The van der Waals surface area contributed by atoms with Crippen molar-refractivity contribution in [2.45, 2.75) is 32.6 Å². The van der Waals surface area contributed by atoms with E-state index in [-0.39, 0.29) is 0 Å². The van der Waals surface area contributed by atoms with Gasteiger partial charge in [-0.1, -0.05) is 6.92 Å². The number of pyridine rings is 1. The molecule has 1 N–H and O–H groups in total. The van der Waals surface area contributed by atoms with Gasteiger partial charge in [0, 0.05) is 12.4 Å². The molecule has 1 aromatic heterocycles. The highest BCUT2D eigenvalue weighted by molar-refractivity contribution is 5.23. The van der Waals surface area contributed by atoms with Crippen LogP contribution in [0.5, 0.6) is 0 Å². The van der Waals surface area contributed by atoms with Crippen molar-refractivity contribution in [2.24, 2.45) is 5.92 Å². The predicted molar refractivity (Wildman–Crippen MR) is 62.9 cm³/mol. The normalized spacial score (nSPS) is 21.5. The molecule has 0 bridgehead atoms. The van der Waals surface area contributed by atoms with E-state index in [2.05, 4.69) is 23.3 Å². The molecule has 2 heteroatoms. The fourth-order valence-corrected chi connectivity index (χ4v) is 2.38. The third kappa shape index (κ3) is 2.78. The molecule has 1 unspecified atom stereocenters. The summed E-state index contributed by atoms with van der Waals surface area (Å²) in [6.45, 7) is 4.60. The van der Waals surface area contributed by atoms with E-state index in [0.29, 0.717) is 0 Å². The molecule has 2 nitrogen and oxygen atoms in total. The minimum absolute atomic E-state index is 0.825. The van der Waals surface area contributed by atoms with E-state index in [1.165, 1.54) is 43.5 Å². The monoisotopic (exact) mass is 204 g/mol. The third-order valence-corrected chi connectivity index (χ3v) is 3.29. The van der Waals surface area contributed by atoms with Gasteiger partial charge in [0.25, 0.3) is 0 Å². The first-order valence-electron chi connectivity index (χ1n) is 6.02. The Bertz CT molecular complexity index is 303. The molecule has 1 aliphatic heterocycles. The highest BCUT2D eigenvalue weighted by atomic mass is 14.9. The first-order valence-corrected chi connectivity index (χ1v) is 6.02. The molecule has 0 amide bonds. The first-order chi connectivity index (χ1) is 7.40. The number of nitrogens with zero attached hydrogens (tertiary/aromatic N) is 1. The molecule has 0 aromatic carbocycles. The minimum Gasteiger partial charge on any atom is -0.316 e. The van der Waals surface area contributed by atoms with Gasteiger partial charge in [0.05, 0.1) is 0 Å². The SMILES string of the molecule is CCc1cnccc1CC1CCCNC1. The van der Waals surface area contributed by atoms with Gasteiger partial charge < -0.3 is 5.32 Å². The van der Waals surface area contributed by atoms with Crippen LogP contribution in [0, 0.1) is 5.92 Å². The Balaban J connectivity index is 2.02. The highest BCUT2D eigenvalue weighted by Gasteiger charge is 2.14. The lowest BCUT2D eigenvalue weighted by Gasteiger charge is -2.23. The second-order valence-corrected chi connectivity index (χ2v) is 4.41. The van der Waals surface area contributed by atoms with Gasteiger partial charge in [-0.25, -0.2) is 0 Å². The van der Waals surface area contributed by atoms with Crippen LogP contribution < -0.4 is 5.32 Å². The zero-order valence-electron chi connectivity index (χ0n) is 9.50. The summed E-state index contributed by atoms with van der Waals surface area (Å²) in [5.74, 6) is 0.825. The quantitative estimate of drug-likeness (QED) is 0.816.